The summed E-state index contributed by atoms with van der Waals surface area (Å²) in [5, 5.41) is 0. The van der Waals surface area contributed by atoms with Crippen LogP contribution in [0, 0.1) is 0 Å². The number of rotatable bonds is 5. The SMILES string of the molecule is c1ccc([C@@H]2COC(CC3=N[C@@H](c4ccccc4)[C@@H](c4ccccc4)O3)=N2)cc1. The van der Waals surface area contributed by atoms with Crippen LogP contribution in [0.4, 0.5) is 0 Å². The molecule has 0 fully saturated rings. The fourth-order valence-corrected chi connectivity index (χ4v) is 3.84. The maximum atomic E-state index is 6.31. The van der Waals surface area contributed by atoms with Crippen LogP contribution in [0.15, 0.2) is 101 Å². The van der Waals surface area contributed by atoms with E-state index in [0.29, 0.717) is 24.8 Å². The summed E-state index contributed by atoms with van der Waals surface area (Å²) >= 11 is 0. The standard InChI is InChI=1S/C25H22N2O2/c1-4-10-18(11-5-1)21-17-28-22(26-21)16-23-27-24(19-12-6-2-7-13-19)25(29-23)20-14-8-3-9-15-20/h1-15,21,24-25H,16-17H2/t21-,24-,25+/m0/s1. The lowest BCUT2D eigenvalue weighted by molar-refractivity contribution is 0.192. The van der Waals surface area contributed by atoms with Crippen molar-refractivity contribution in [3.63, 3.8) is 0 Å². The first kappa shape index (κ1) is 17.7. The molecule has 0 aliphatic carbocycles. The summed E-state index contributed by atoms with van der Waals surface area (Å²) in [4.78, 5) is 9.66. The second kappa shape index (κ2) is 7.92. The summed E-state index contributed by atoms with van der Waals surface area (Å²) in [7, 11) is 0. The topological polar surface area (TPSA) is 43.2 Å². The fourth-order valence-electron chi connectivity index (χ4n) is 3.84. The summed E-state index contributed by atoms with van der Waals surface area (Å²) in [5.74, 6) is 1.37. The molecule has 5 rings (SSSR count). The lowest BCUT2D eigenvalue weighted by Gasteiger charge is -2.18. The van der Waals surface area contributed by atoms with Crippen LogP contribution in [0.3, 0.4) is 0 Å². The van der Waals surface area contributed by atoms with E-state index in [-0.39, 0.29) is 18.2 Å². The van der Waals surface area contributed by atoms with E-state index in [0.717, 1.165) is 11.1 Å². The summed E-state index contributed by atoms with van der Waals surface area (Å²) in [6.45, 7) is 0.566. The van der Waals surface area contributed by atoms with Crippen molar-refractivity contribution in [1.82, 2.24) is 0 Å². The van der Waals surface area contributed by atoms with E-state index in [1.165, 1.54) is 5.56 Å². The van der Waals surface area contributed by atoms with Gasteiger partial charge in [-0.15, -0.1) is 0 Å². The average molecular weight is 382 g/mol. The molecule has 0 saturated carbocycles. The monoisotopic (exact) mass is 382 g/mol. The van der Waals surface area contributed by atoms with Gasteiger partial charge in [-0.1, -0.05) is 91.0 Å². The quantitative estimate of drug-likeness (QED) is 0.588. The predicted molar refractivity (Wildman–Crippen MR) is 114 cm³/mol. The Bertz CT molecular complexity index is 1020. The maximum Gasteiger partial charge on any atom is 0.194 e. The van der Waals surface area contributed by atoms with Crippen molar-refractivity contribution in [3.05, 3.63) is 108 Å². The largest absolute Gasteiger partial charge is 0.478 e. The number of ether oxygens (including phenoxy) is 2. The second-order valence-corrected chi connectivity index (χ2v) is 7.26. The number of aliphatic imine (C=N–C) groups is 2. The zero-order valence-electron chi connectivity index (χ0n) is 16.0. The maximum absolute atomic E-state index is 6.31. The molecule has 29 heavy (non-hydrogen) atoms. The molecule has 144 valence electrons. The molecule has 2 heterocycles. The summed E-state index contributed by atoms with van der Waals surface area (Å²) in [6, 6.07) is 30.8. The molecular weight excluding hydrogens is 360 g/mol. The smallest absolute Gasteiger partial charge is 0.194 e. The Morgan fingerprint density at radius 2 is 1.24 bits per heavy atom. The van der Waals surface area contributed by atoms with Crippen LogP contribution in [-0.4, -0.2) is 18.4 Å². The average Bonchev–Trinajstić information content (AvgIpc) is 3.43. The van der Waals surface area contributed by atoms with Gasteiger partial charge in [-0.25, -0.2) is 9.98 Å². The van der Waals surface area contributed by atoms with Crippen LogP contribution >= 0.6 is 0 Å². The van der Waals surface area contributed by atoms with Gasteiger partial charge in [0, 0.05) is 0 Å². The molecular formula is C25H22N2O2. The summed E-state index contributed by atoms with van der Waals surface area (Å²) in [5.41, 5.74) is 3.44. The molecule has 3 aromatic rings. The Morgan fingerprint density at radius 1 is 0.655 bits per heavy atom. The van der Waals surface area contributed by atoms with Gasteiger partial charge in [0.2, 0.25) is 0 Å². The van der Waals surface area contributed by atoms with E-state index in [2.05, 4.69) is 36.4 Å². The second-order valence-electron chi connectivity index (χ2n) is 7.26. The number of benzene rings is 3. The lowest BCUT2D eigenvalue weighted by atomic mass is 9.97. The number of hydrogen-bond acceptors (Lipinski definition) is 4. The minimum Gasteiger partial charge on any atom is -0.478 e. The van der Waals surface area contributed by atoms with Crippen LogP contribution < -0.4 is 0 Å². The highest BCUT2D eigenvalue weighted by molar-refractivity contribution is 5.98. The third-order valence-corrected chi connectivity index (χ3v) is 5.30. The van der Waals surface area contributed by atoms with Crippen molar-refractivity contribution in [2.24, 2.45) is 9.98 Å². The molecule has 3 aromatic carbocycles. The lowest BCUT2D eigenvalue weighted by Crippen LogP contribution is -2.11. The van der Waals surface area contributed by atoms with Crippen LogP contribution in [0.5, 0.6) is 0 Å². The summed E-state index contributed by atoms with van der Waals surface area (Å²) in [6.07, 6.45) is 0.344. The normalized spacial score (nSPS) is 23.1. The highest BCUT2D eigenvalue weighted by Crippen LogP contribution is 2.40. The Kier molecular flexibility index (Phi) is 4.83. The van der Waals surface area contributed by atoms with E-state index in [1.54, 1.807) is 0 Å². The van der Waals surface area contributed by atoms with E-state index in [1.807, 2.05) is 54.6 Å². The molecule has 0 saturated heterocycles. The van der Waals surface area contributed by atoms with Crippen LogP contribution in [0.25, 0.3) is 0 Å². The molecule has 0 radical (unpaired) electrons. The van der Waals surface area contributed by atoms with Gasteiger partial charge in [-0.2, -0.15) is 0 Å². The van der Waals surface area contributed by atoms with E-state index in [4.69, 9.17) is 19.5 Å². The first-order chi connectivity index (χ1) is 14.4. The van der Waals surface area contributed by atoms with Crippen molar-refractivity contribution >= 4 is 11.8 Å². The highest BCUT2D eigenvalue weighted by atomic mass is 16.5. The van der Waals surface area contributed by atoms with Crippen molar-refractivity contribution in [3.8, 4) is 0 Å². The van der Waals surface area contributed by atoms with Gasteiger partial charge in [-0.3, -0.25) is 0 Å². The molecule has 2 aliphatic rings. The molecule has 0 aromatic heterocycles. The third-order valence-electron chi connectivity index (χ3n) is 5.30. The molecule has 4 heteroatoms. The molecule has 0 amide bonds. The van der Waals surface area contributed by atoms with Crippen LogP contribution in [0.2, 0.25) is 0 Å². The molecule has 3 atom stereocenters. The summed E-state index contributed by atoms with van der Waals surface area (Å²) < 4.78 is 12.2. The number of nitrogens with zero attached hydrogens (tertiary/aromatic N) is 2. The minimum atomic E-state index is -0.138. The van der Waals surface area contributed by atoms with Gasteiger partial charge < -0.3 is 9.47 Å². The van der Waals surface area contributed by atoms with Gasteiger partial charge in [0.15, 0.2) is 17.9 Å². The molecule has 0 unspecified atom stereocenters. The van der Waals surface area contributed by atoms with Crippen molar-refractivity contribution in [1.29, 1.82) is 0 Å². The first-order valence-electron chi connectivity index (χ1n) is 9.94. The molecule has 0 spiro atoms. The van der Waals surface area contributed by atoms with Gasteiger partial charge in [0.05, 0.1) is 6.42 Å². The molecule has 0 bridgehead atoms. The Hall–Kier alpha value is -3.40. The Morgan fingerprint density at radius 3 is 1.90 bits per heavy atom. The first-order valence-corrected chi connectivity index (χ1v) is 9.94. The van der Waals surface area contributed by atoms with E-state index < -0.39 is 0 Å². The zero-order chi connectivity index (χ0) is 19.5. The van der Waals surface area contributed by atoms with Gasteiger partial charge in [0.25, 0.3) is 0 Å². The Labute approximate surface area is 170 Å². The minimum absolute atomic E-state index is 0.0445. The predicted octanol–water partition coefficient (Wildman–Crippen LogP) is 5.46. The third kappa shape index (κ3) is 3.79. The molecule has 2 aliphatic heterocycles. The van der Waals surface area contributed by atoms with Crippen LogP contribution in [0.1, 0.15) is 41.3 Å². The number of hydrogen-bond donors (Lipinski definition) is 0. The van der Waals surface area contributed by atoms with Gasteiger partial charge >= 0.3 is 0 Å². The van der Waals surface area contributed by atoms with Gasteiger partial charge in [-0.05, 0) is 16.7 Å². The van der Waals surface area contributed by atoms with E-state index in [9.17, 15) is 0 Å². The molecule has 4 nitrogen and oxygen atoms in total. The van der Waals surface area contributed by atoms with E-state index >= 15 is 0 Å². The fraction of sp³-hybridized carbons (Fsp3) is 0.200. The van der Waals surface area contributed by atoms with Gasteiger partial charge in [0.1, 0.15) is 18.7 Å². The van der Waals surface area contributed by atoms with Crippen molar-refractivity contribution in [2.75, 3.05) is 6.61 Å². The highest BCUT2D eigenvalue weighted by Gasteiger charge is 2.34. The zero-order valence-corrected chi connectivity index (χ0v) is 16.0. The van der Waals surface area contributed by atoms with Crippen molar-refractivity contribution in [2.45, 2.75) is 24.6 Å². The molecule has 0 N–H and O–H groups in total. The van der Waals surface area contributed by atoms with Crippen LogP contribution in [-0.2, 0) is 9.47 Å². The Balaban J connectivity index is 1.38. The van der Waals surface area contributed by atoms with Crippen molar-refractivity contribution < 1.29 is 9.47 Å².